The third-order valence-corrected chi connectivity index (χ3v) is 9.65. The summed E-state index contributed by atoms with van der Waals surface area (Å²) < 4.78 is 56.8. The van der Waals surface area contributed by atoms with E-state index in [-0.39, 0.29) is 24.2 Å². The van der Waals surface area contributed by atoms with Crippen molar-refractivity contribution in [3.05, 3.63) is 58.7 Å². The first-order chi connectivity index (χ1) is 20.8. The second-order valence-corrected chi connectivity index (χ2v) is 12.2. The summed E-state index contributed by atoms with van der Waals surface area (Å²) in [4.78, 5) is 27.0. The van der Waals surface area contributed by atoms with Gasteiger partial charge in [-0.05, 0) is 76.0 Å². The summed E-state index contributed by atoms with van der Waals surface area (Å²) in [5.74, 6) is -0.0400. The highest BCUT2D eigenvalue weighted by Gasteiger charge is 2.40. The quantitative estimate of drug-likeness (QED) is 0.453. The molecule has 2 aromatic rings. The molecule has 234 valence electrons. The van der Waals surface area contributed by atoms with Gasteiger partial charge in [-0.1, -0.05) is 12.1 Å². The second kappa shape index (κ2) is 13.2. The second-order valence-electron chi connectivity index (χ2n) is 12.2. The van der Waals surface area contributed by atoms with Crippen molar-refractivity contribution in [3.8, 4) is 0 Å². The fraction of sp³-hybridized carbons (Fsp3) is 0.656. The Kier molecular flexibility index (Phi) is 9.32. The zero-order valence-electron chi connectivity index (χ0n) is 24.7. The number of morpholine rings is 1. The highest BCUT2D eigenvalue weighted by molar-refractivity contribution is 5.93. The number of piperidine rings is 1. The van der Waals surface area contributed by atoms with E-state index < -0.39 is 11.7 Å². The maximum Gasteiger partial charge on any atom is 0.416 e. The van der Waals surface area contributed by atoms with Gasteiger partial charge in [0.05, 0.1) is 37.1 Å². The van der Waals surface area contributed by atoms with Crippen LogP contribution in [-0.2, 0) is 26.8 Å². The number of hydrogen-bond donors (Lipinski definition) is 0. The number of likely N-dealkylation sites (tertiary alicyclic amines) is 1. The van der Waals surface area contributed by atoms with Crippen molar-refractivity contribution in [2.45, 2.75) is 94.9 Å². The number of amides is 1. The van der Waals surface area contributed by atoms with Crippen LogP contribution in [0.2, 0.25) is 0 Å². The average molecular weight is 603 g/mol. The first kappa shape index (κ1) is 30.4. The molecule has 5 heterocycles. The zero-order chi connectivity index (χ0) is 30.0. The van der Waals surface area contributed by atoms with Crippen LogP contribution >= 0.6 is 0 Å². The molecule has 0 aliphatic carbocycles. The van der Waals surface area contributed by atoms with Gasteiger partial charge in [0, 0.05) is 49.6 Å². The summed E-state index contributed by atoms with van der Waals surface area (Å²) in [7, 11) is 0. The summed E-state index contributed by atoms with van der Waals surface area (Å²) >= 11 is 0. The van der Waals surface area contributed by atoms with Gasteiger partial charge in [-0.15, -0.1) is 0 Å². The molecule has 0 radical (unpaired) electrons. The number of benzene rings is 1. The van der Waals surface area contributed by atoms with Crippen molar-refractivity contribution >= 4 is 5.91 Å². The number of aromatic nitrogens is 2. The minimum atomic E-state index is -4.35. The normalized spacial score (nSPS) is 27.6. The van der Waals surface area contributed by atoms with E-state index in [1.807, 2.05) is 11.8 Å². The Morgan fingerprint density at radius 1 is 1.00 bits per heavy atom. The Morgan fingerprint density at radius 3 is 2.56 bits per heavy atom. The van der Waals surface area contributed by atoms with Gasteiger partial charge in [0.1, 0.15) is 12.0 Å². The van der Waals surface area contributed by atoms with Crippen LogP contribution in [0.4, 0.5) is 13.2 Å². The van der Waals surface area contributed by atoms with Gasteiger partial charge in [0.25, 0.3) is 5.91 Å². The van der Waals surface area contributed by atoms with Crippen LogP contribution in [0.25, 0.3) is 0 Å². The minimum Gasteiger partial charge on any atom is -0.379 e. The van der Waals surface area contributed by atoms with Crippen molar-refractivity contribution in [2.24, 2.45) is 0 Å². The zero-order valence-corrected chi connectivity index (χ0v) is 24.7. The molecule has 4 aliphatic heterocycles. The standard InChI is InChI=1S/C32H41F3N4O4/c1-21-26(10-9-25-3-2-4-28(43-25)22-5-7-23(8-6-22)32(33,34)35)36-20-37-30(21)31(40)38-14-11-24(12-15-38)39-16-18-42-29-19-41-17-13-27(29)39/h5-8,20,24-25,27-29H,2-4,9-19H2,1H3/t25-,27-,28+,29+/m1/s1. The van der Waals surface area contributed by atoms with Crippen LogP contribution in [0.15, 0.2) is 30.6 Å². The van der Waals surface area contributed by atoms with Crippen molar-refractivity contribution in [1.82, 2.24) is 19.8 Å². The lowest BCUT2D eigenvalue weighted by Gasteiger charge is -2.49. The molecule has 0 saturated carbocycles. The number of hydrogen-bond acceptors (Lipinski definition) is 7. The molecular weight excluding hydrogens is 561 g/mol. The monoisotopic (exact) mass is 602 g/mol. The van der Waals surface area contributed by atoms with E-state index in [0.29, 0.717) is 43.9 Å². The number of ether oxygens (including phenoxy) is 3. The molecule has 0 unspecified atom stereocenters. The first-order valence-corrected chi connectivity index (χ1v) is 15.7. The molecule has 0 bridgehead atoms. The van der Waals surface area contributed by atoms with Gasteiger partial charge in [-0.25, -0.2) is 9.97 Å². The van der Waals surface area contributed by atoms with Gasteiger partial charge in [-0.3, -0.25) is 9.69 Å². The summed E-state index contributed by atoms with van der Waals surface area (Å²) in [5.41, 5.74) is 2.23. The SMILES string of the molecule is Cc1c(CC[C@H]2CCC[C@@H](c3ccc(C(F)(F)F)cc3)O2)ncnc1C(=O)N1CCC(N2CCO[C@H]3COCC[C@H]32)CC1. The van der Waals surface area contributed by atoms with Crippen LogP contribution < -0.4 is 0 Å². The van der Waals surface area contributed by atoms with Crippen LogP contribution in [0, 0.1) is 6.92 Å². The Bertz CT molecular complexity index is 1250. The third kappa shape index (κ3) is 6.90. The van der Waals surface area contributed by atoms with Gasteiger partial charge in [0.15, 0.2) is 0 Å². The number of halogens is 3. The third-order valence-electron chi connectivity index (χ3n) is 9.65. The smallest absolute Gasteiger partial charge is 0.379 e. The maximum atomic E-state index is 13.6. The highest BCUT2D eigenvalue weighted by Crippen LogP contribution is 2.35. The number of nitrogens with zero attached hydrogens (tertiary/aromatic N) is 4. The van der Waals surface area contributed by atoms with E-state index in [1.165, 1.54) is 18.5 Å². The lowest BCUT2D eigenvalue weighted by molar-refractivity contribution is -0.148. The maximum absolute atomic E-state index is 13.6. The molecule has 4 saturated heterocycles. The summed E-state index contributed by atoms with van der Waals surface area (Å²) in [6.45, 7) is 6.43. The fourth-order valence-electron chi connectivity index (χ4n) is 7.21. The molecule has 1 aromatic carbocycles. The van der Waals surface area contributed by atoms with Gasteiger partial charge in [-0.2, -0.15) is 13.2 Å². The average Bonchev–Trinajstić information content (AvgIpc) is 3.03. The number of alkyl halides is 3. The van der Waals surface area contributed by atoms with Gasteiger partial charge < -0.3 is 19.1 Å². The molecule has 1 amide bonds. The molecule has 1 aromatic heterocycles. The van der Waals surface area contributed by atoms with E-state index in [2.05, 4.69) is 14.9 Å². The van der Waals surface area contributed by atoms with E-state index in [9.17, 15) is 18.0 Å². The van der Waals surface area contributed by atoms with Crippen molar-refractivity contribution in [3.63, 3.8) is 0 Å². The Morgan fingerprint density at radius 2 is 1.79 bits per heavy atom. The van der Waals surface area contributed by atoms with Crippen LogP contribution in [0.3, 0.4) is 0 Å². The molecule has 8 nitrogen and oxygen atoms in total. The molecule has 0 N–H and O–H groups in total. The van der Waals surface area contributed by atoms with Crippen molar-refractivity contribution in [2.75, 3.05) is 39.5 Å². The molecule has 43 heavy (non-hydrogen) atoms. The van der Waals surface area contributed by atoms with E-state index in [1.54, 1.807) is 0 Å². The number of carbonyl (C=O) groups is 1. The highest BCUT2D eigenvalue weighted by atomic mass is 19.4. The summed E-state index contributed by atoms with van der Waals surface area (Å²) in [6, 6.07) is 6.14. The number of carbonyl (C=O) groups excluding carboxylic acids is 1. The van der Waals surface area contributed by atoms with E-state index >= 15 is 0 Å². The Labute approximate surface area is 250 Å². The van der Waals surface area contributed by atoms with Crippen molar-refractivity contribution < 1.29 is 32.2 Å². The molecule has 11 heteroatoms. The first-order valence-electron chi connectivity index (χ1n) is 15.7. The lowest BCUT2D eigenvalue weighted by Crippen LogP contribution is -2.60. The summed E-state index contributed by atoms with van der Waals surface area (Å²) in [5, 5.41) is 0. The predicted molar refractivity (Wildman–Crippen MR) is 153 cm³/mol. The number of aryl methyl sites for hydroxylation is 1. The van der Waals surface area contributed by atoms with Crippen LogP contribution in [-0.4, -0.2) is 89.4 Å². The van der Waals surface area contributed by atoms with E-state index in [0.717, 1.165) is 93.7 Å². The Hall–Kier alpha value is -2.60. The van der Waals surface area contributed by atoms with Crippen molar-refractivity contribution in [1.29, 1.82) is 0 Å². The Balaban J connectivity index is 1.03. The molecule has 6 rings (SSSR count). The number of rotatable bonds is 6. The minimum absolute atomic E-state index is 0.0240. The number of fused-ring (bicyclic) bond motifs is 1. The predicted octanol–water partition coefficient (Wildman–Crippen LogP) is 5.14. The molecule has 0 spiro atoms. The van der Waals surface area contributed by atoms with Crippen LogP contribution in [0.1, 0.15) is 83.9 Å². The largest absolute Gasteiger partial charge is 0.416 e. The molecule has 4 aliphatic rings. The lowest BCUT2D eigenvalue weighted by atomic mass is 9.94. The van der Waals surface area contributed by atoms with Gasteiger partial charge >= 0.3 is 6.18 Å². The van der Waals surface area contributed by atoms with Crippen LogP contribution in [0.5, 0.6) is 0 Å². The molecular formula is C32H41F3N4O4. The van der Waals surface area contributed by atoms with E-state index in [4.69, 9.17) is 14.2 Å². The molecule has 4 fully saturated rings. The fourth-order valence-corrected chi connectivity index (χ4v) is 7.21. The van der Waals surface area contributed by atoms with Gasteiger partial charge in [0.2, 0.25) is 0 Å². The summed E-state index contributed by atoms with van der Waals surface area (Å²) in [6.07, 6.45) is 3.89. The topological polar surface area (TPSA) is 77.0 Å². The molecule has 4 atom stereocenters.